The van der Waals surface area contributed by atoms with Gasteiger partial charge in [0.2, 0.25) is 0 Å². The molecular weight excluding hydrogens is 414 g/mol. The summed E-state index contributed by atoms with van der Waals surface area (Å²) < 4.78 is 0. The summed E-state index contributed by atoms with van der Waals surface area (Å²) in [6, 6.07) is 12.3. The zero-order chi connectivity index (χ0) is 22.5. The van der Waals surface area contributed by atoms with Crippen molar-refractivity contribution in [3.8, 4) is 10.4 Å². The Kier molecular flexibility index (Phi) is 6.66. The molecule has 0 saturated heterocycles. The van der Waals surface area contributed by atoms with Gasteiger partial charge in [0, 0.05) is 17.3 Å². The molecule has 0 N–H and O–H groups in total. The van der Waals surface area contributed by atoms with E-state index in [4.69, 9.17) is 4.99 Å². The van der Waals surface area contributed by atoms with E-state index in [-0.39, 0.29) is 5.78 Å². The molecule has 1 aromatic carbocycles. The Morgan fingerprint density at radius 2 is 2.03 bits per heavy atom. The molecule has 4 rings (SSSR count). The summed E-state index contributed by atoms with van der Waals surface area (Å²) in [6.07, 6.45) is 11.7. The molecule has 0 bridgehead atoms. The lowest BCUT2D eigenvalue weighted by molar-refractivity contribution is -0.114. The van der Waals surface area contributed by atoms with Gasteiger partial charge in [-0.1, -0.05) is 36.4 Å². The summed E-state index contributed by atoms with van der Waals surface area (Å²) in [5.74, 6) is 0.0950. The lowest BCUT2D eigenvalue weighted by Crippen LogP contribution is -2.04. The van der Waals surface area contributed by atoms with Crippen LogP contribution in [0.5, 0.6) is 0 Å². The number of rotatable bonds is 7. The first-order chi connectivity index (χ1) is 15.6. The van der Waals surface area contributed by atoms with Gasteiger partial charge in [0.05, 0.1) is 34.9 Å². The third kappa shape index (κ3) is 4.73. The summed E-state index contributed by atoms with van der Waals surface area (Å²) in [5, 5.41) is 0.849. The first-order valence-corrected chi connectivity index (χ1v) is 11.5. The van der Waals surface area contributed by atoms with Gasteiger partial charge in [-0.3, -0.25) is 14.8 Å². The number of thiazole rings is 1. The van der Waals surface area contributed by atoms with Gasteiger partial charge < -0.3 is 0 Å². The molecule has 0 amide bonds. The summed E-state index contributed by atoms with van der Waals surface area (Å²) in [4.78, 5) is 27.4. The largest absolute Gasteiger partial charge is 0.294 e. The molecule has 0 spiro atoms. The van der Waals surface area contributed by atoms with Gasteiger partial charge in [-0.2, -0.15) is 0 Å². The number of allylic oxidation sites excluding steroid dienone is 5. The quantitative estimate of drug-likeness (QED) is 0.327. The van der Waals surface area contributed by atoms with Gasteiger partial charge in [-0.25, -0.2) is 4.98 Å². The van der Waals surface area contributed by atoms with E-state index < -0.39 is 0 Å². The molecule has 3 heterocycles. The van der Waals surface area contributed by atoms with Crippen LogP contribution in [0.2, 0.25) is 0 Å². The fourth-order valence-electron chi connectivity index (χ4n) is 3.72. The average Bonchev–Trinajstić information content (AvgIpc) is 3.38. The van der Waals surface area contributed by atoms with E-state index in [1.54, 1.807) is 17.5 Å². The van der Waals surface area contributed by atoms with Gasteiger partial charge >= 0.3 is 0 Å². The lowest BCUT2D eigenvalue weighted by atomic mass is 10.0. The summed E-state index contributed by atoms with van der Waals surface area (Å²) >= 11 is 1.60. The second kappa shape index (κ2) is 9.79. The number of fused-ring (bicyclic) bond motifs is 1. The van der Waals surface area contributed by atoms with Crippen LogP contribution >= 0.6 is 11.3 Å². The van der Waals surface area contributed by atoms with Crippen molar-refractivity contribution >= 4 is 28.9 Å². The highest BCUT2D eigenvalue weighted by Gasteiger charge is 2.18. The highest BCUT2D eigenvalue weighted by atomic mass is 32.1. The molecule has 32 heavy (non-hydrogen) atoms. The molecule has 1 aliphatic rings. The first-order valence-electron chi connectivity index (χ1n) is 10.6. The number of benzene rings is 1. The fraction of sp³-hybridized carbons (Fsp3) is 0.185. The van der Waals surface area contributed by atoms with Crippen LogP contribution in [0.1, 0.15) is 41.4 Å². The summed E-state index contributed by atoms with van der Waals surface area (Å²) in [6.45, 7) is 6.48. The standard InChI is InChI=1S/C27H25N3OS/c1-4-8-19(5-2)25(31)16-26-30-18(3)27(32-26)20-10-12-23-21(15-20)17-29-24(23)13-11-22-9-6-7-14-28-22/h4-15H,16-17H2,1-3H3/b8-4-,13-11+,19-5+. The second-order valence-corrected chi connectivity index (χ2v) is 8.61. The van der Waals surface area contributed by atoms with Gasteiger partial charge in [-0.05, 0) is 62.2 Å². The smallest absolute Gasteiger partial charge is 0.169 e. The van der Waals surface area contributed by atoms with Gasteiger partial charge in [0.1, 0.15) is 5.01 Å². The zero-order valence-corrected chi connectivity index (χ0v) is 19.3. The summed E-state index contributed by atoms with van der Waals surface area (Å²) in [5.41, 5.74) is 7.07. The van der Waals surface area contributed by atoms with Crippen LogP contribution in [0.4, 0.5) is 0 Å². The number of nitrogens with zero attached hydrogens (tertiary/aromatic N) is 3. The molecule has 0 unspecified atom stereocenters. The predicted molar refractivity (Wildman–Crippen MR) is 133 cm³/mol. The van der Waals surface area contributed by atoms with E-state index in [0.29, 0.717) is 13.0 Å². The maximum absolute atomic E-state index is 12.6. The van der Waals surface area contributed by atoms with Gasteiger partial charge in [0.15, 0.2) is 5.78 Å². The minimum Gasteiger partial charge on any atom is -0.294 e. The van der Waals surface area contributed by atoms with Gasteiger partial charge in [-0.15, -0.1) is 11.3 Å². The topological polar surface area (TPSA) is 55.2 Å². The minimum absolute atomic E-state index is 0.0950. The van der Waals surface area contributed by atoms with Crippen molar-refractivity contribution in [1.82, 2.24) is 9.97 Å². The van der Waals surface area contributed by atoms with Crippen LogP contribution in [0, 0.1) is 6.92 Å². The van der Waals surface area contributed by atoms with E-state index >= 15 is 0 Å². The Hall–Kier alpha value is -3.44. The van der Waals surface area contributed by atoms with E-state index in [1.165, 1.54) is 5.56 Å². The molecular formula is C27H25N3OS. The number of carbonyl (C=O) groups excluding carboxylic acids is 1. The Morgan fingerprint density at radius 3 is 2.78 bits per heavy atom. The van der Waals surface area contributed by atoms with E-state index in [9.17, 15) is 4.79 Å². The van der Waals surface area contributed by atoms with Gasteiger partial charge in [0.25, 0.3) is 0 Å². The Bertz CT molecular complexity index is 1260. The Labute approximate surface area is 192 Å². The SMILES string of the molecule is C/C=C\C(=C/C)C(=O)Cc1nc(C)c(-c2ccc3c(c2)CN=C3/C=C/c2ccccn2)s1. The predicted octanol–water partition coefficient (Wildman–Crippen LogP) is 6.16. The van der Waals surface area contributed by atoms with E-state index in [0.717, 1.165) is 43.7 Å². The highest BCUT2D eigenvalue weighted by Crippen LogP contribution is 2.33. The molecule has 3 aromatic rings. The molecule has 160 valence electrons. The summed E-state index contributed by atoms with van der Waals surface area (Å²) in [7, 11) is 0. The number of hydrogen-bond donors (Lipinski definition) is 0. The average molecular weight is 440 g/mol. The number of carbonyl (C=O) groups is 1. The van der Waals surface area contributed by atoms with Crippen molar-refractivity contribution < 1.29 is 4.79 Å². The van der Waals surface area contributed by atoms with Crippen LogP contribution < -0.4 is 0 Å². The fourth-order valence-corrected chi connectivity index (χ4v) is 4.78. The molecule has 0 aliphatic carbocycles. The zero-order valence-electron chi connectivity index (χ0n) is 18.5. The van der Waals surface area contributed by atoms with Crippen LogP contribution in [0.15, 0.2) is 77.5 Å². The number of aliphatic imine (C=N–C) groups is 1. The number of aryl methyl sites for hydroxylation is 1. The minimum atomic E-state index is 0.0950. The first kappa shape index (κ1) is 21.8. The molecule has 0 atom stereocenters. The number of ketones is 1. The van der Waals surface area contributed by atoms with E-state index in [2.05, 4.69) is 28.2 Å². The van der Waals surface area contributed by atoms with Crippen molar-refractivity contribution in [3.05, 3.63) is 100.0 Å². The third-order valence-corrected chi connectivity index (χ3v) is 6.50. The van der Waals surface area contributed by atoms with Crippen molar-refractivity contribution in [3.63, 3.8) is 0 Å². The normalized spacial score (nSPS) is 13.7. The maximum Gasteiger partial charge on any atom is 0.169 e. The Balaban J connectivity index is 1.53. The lowest BCUT2D eigenvalue weighted by Gasteiger charge is -2.04. The van der Waals surface area contributed by atoms with Crippen molar-refractivity contribution in [2.45, 2.75) is 33.7 Å². The third-order valence-electron chi connectivity index (χ3n) is 5.29. The van der Waals surface area contributed by atoms with Crippen molar-refractivity contribution in [2.75, 3.05) is 0 Å². The monoisotopic (exact) mass is 439 g/mol. The molecule has 5 heteroatoms. The maximum atomic E-state index is 12.6. The highest BCUT2D eigenvalue weighted by molar-refractivity contribution is 7.15. The number of hydrogen-bond acceptors (Lipinski definition) is 5. The number of aromatic nitrogens is 2. The number of pyridine rings is 1. The van der Waals surface area contributed by atoms with E-state index in [1.807, 2.05) is 69.4 Å². The molecule has 4 nitrogen and oxygen atoms in total. The van der Waals surface area contributed by atoms with Crippen molar-refractivity contribution in [1.29, 1.82) is 0 Å². The van der Waals surface area contributed by atoms with Crippen LogP contribution in [0.25, 0.3) is 16.5 Å². The molecule has 1 aliphatic heterocycles. The molecule has 0 fully saturated rings. The molecule has 2 aromatic heterocycles. The number of Topliss-reactive ketones (excluding diaryl/α,β-unsaturated/α-hetero) is 1. The second-order valence-electron chi connectivity index (χ2n) is 7.53. The Morgan fingerprint density at radius 1 is 1.16 bits per heavy atom. The van der Waals surface area contributed by atoms with Crippen LogP contribution in [0.3, 0.4) is 0 Å². The molecule has 0 radical (unpaired) electrons. The van der Waals surface area contributed by atoms with Crippen molar-refractivity contribution in [2.24, 2.45) is 4.99 Å². The van der Waals surface area contributed by atoms with Crippen LogP contribution in [-0.4, -0.2) is 21.5 Å². The molecule has 0 saturated carbocycles. The van der Waals surface area contributed by atoms with Crippen LogP contribution in [-0.2, 0) is 17.8 Å².